The van der Waals surface area contributed by atoms with Crippen LogP contribution in [0, 0.1) is 5.82 Å². The quantitative estimate of drug-likeness (QED) is 0.818. The summed E-state index contributed by atoms with van der Waals surface area (Å²) in [5, 5.41) is 3.90. The summed E-state index contributed by atoms with van der Waals surface area (Å²) in [5.41, 5.74) is 0.637. The van der Waals surface area contributed by atoms with E-state index in [0.717, 1.165) is 5.56 Å². The molecule has 2 rings (SSSR count). The minimum atomic E-state index is -0.792. The number of carbonyl (C=O) groups excluding carboxylic acids is 1. The molecule has 0 fully saturated rings. The van der Waals surface area contributed by atoms with Crippen molar-refractivity contribution in [1.82, 2.24) is 9.78 Å². The lowest BCUT2D eigenvalue weighted by Crippen LogP contribution is -2.06. The topological polar surface area (TPSA) is 44.1 Å². The highest BCUT2D eigenvalue weighted by atomic mass is 79.9. The second-order valence-electron chi connectivity index (χ2n) is 3.59. The second kappa shape index (κ2) is 5.30. The molecule has 1 aromatic carbocycles. The van der Waals surface area contributed by atoms with Gasteiger partial charge in [0, 0.05) is 0 Å². The zero-order valence-corrected chi connectivity index (χ0v) is 11.1. The molecule has 0 bridgehead atoms. The Morgan fingerprint density at radius 2 is 2.11 bits per heavy atom. The lowest BCUT2D eigenvalue weighted by Gasteiger charge is -2.02. The molecule has 0 atom stereocenters. The second-order valence-corrected chi connectivity index (χ2v) is 4.34. The molecule has 4 nitrogen and oxygen atoms in total. The molecule has 1 aromatic heterocycles. The van der Waals surface area contributed by atoms with Crippen LogP contribution in [0.15, 0.2) is 34.9 Å². The SMILES string of the molecule is COC(=O)c1nn(Cc2ccccc2)c(Br)c1F. The van der Waals surface area contributed by atoms with Gasteiger partial charge >= 0.3 is 5.97 Å². The summed E-state index contributed by atoms with van der Waals surface area (Å²) in [6, 6.07) is 9.43. The number of rotatable bonds is 3. The summed E-state index contributed by atoms with van der Waals surface area (Å²) < 4.78 is 19.7. The third-order valence-electron chi connectivity index (χ3n) is 2.39. The molecule has 94 valence electrons. The fourth-order valence-corrected chi connectivity index (χ4v) is 1.90. The smallest absolute Gasteiger partial charge is 0.361 e. The highest BCUT2D eigenvalue weighted by Crippen LogP contribution is 2.20. The van der Waals surface area contributed by atoms with E-state index in [1.165, 1.54) is 11.8 Å². The van der Waals surface area contributed by atoms with Crippen LogP contribution in [-0.4, -0.2) is 22.9 Å². The first-order valence-corrected chi connectivity index (χ1v) is 5.97. The number of hydrogen-bond acceptors (Lipinski definition) is 3. The number of hydrogen-bond donors (Lipinski definition) is 0. The minimum Gasteiger partial charge on any atom is -0.464 e. The molecular weight excluding hydrogens is 303 g/mol. The predicted molar refractivity (Wildman–Crippen MR) is 66.8 cm³/mol. The van der Waals surface area contributed by atoms with Crippen LogP contribution in [0.1, 0.15) is 16.1 Å². The van der Waals surface area contributed by atoms with Crippen LogP contribution in [0.25, 0.3) is 0 Å². The Hall–Kier alpha value is -1.69. The summed E-state index contributed by atoms with van der Waals surface area (Å²) in [4.78, 5) is 11.3. The fraction of sp³-hybridized carbons (Fsp3) is 0.167. The monoisotopic (exact) mass is 312 g/mol. The molecule has 0 aliphatic heterocycles. The number of esters is 1. The highest BCUT2D eigenvalue weighted by molar-refractivity contribution is 9.10. The number of methoxy groups -OCH3 is 1. The van der Waals surface area contributed by atoms with Crippen LogP contribution in [0.3, 0.4) is 0 Å². The van der Waals surface area contributed by atoms with Gasteiger partial charge in [-0.15, -0.1) is 0 Å². The molecular formula is C12H10BrFN2O2. The van der Waals surface area contributed by atoms with Crippen molar-refractivity contribution in [2.45, 2.75) is 6.54 Å². The molecule has 2 aromatic rings. The Morgan fingerprint density at radius 3 is 2.72 bits per heavy atom. The van der Waals surface area contributed by atoms with Crippen molar-refractivity contribution in [3.8, 4) is 0 Å². The molecule has 0 unspecified atom stereocenters. The Morgan fingerprint density at radius 1 is 1.44 bits per heavy atom. The first kappa shape index (κ1) is 12.8. The van der Waals surface area contributed by atoms with Crippen LogP contribution in [-0.2, 0) is 11.3 Å². The third kappa shape index (κ3) is 2.43. The summed E-state index contributed by atoms with van der Waals surface area (Å²) in [5.74, 6) is -1.50. The Labute approximate surface area is 111 Å². The average Bonchev–Trinajstić information content (AvgIpc) is 2.67. The summed E-state index contributed by atoms with van der Waals surface area (Å²) in [7, 11) is 1.19. The van der Waals surface area contributed by atoms with E-state index in [2.05, 4.69) is 25.8 Å². The van der Waals surface area contributed by atoms with E-state index in [-0.39, 0.29) is 10.3 Å². The van der Waals surface area contributed by atoms with Crippen LogP contribution in [0.4, 0.5) is 4.39 Å². The standard InChI is InChI=1S/C12H10BrFN2O2/c1-18-12(17)10-9(14)11(13)16(15-10)7-8-5-3-2-4-6-8/h2-6H,7H2,1H3. The number of carbonyl (C=O) groups is 1. The maximum Gasteiger partial charge on any atom is 0.361 e. The maximum atomic E-state index is 13.7. The molecule has 1 heterocycles. The van der Waals surface area contributed by atoms with Gasteiger partial charge in [0.2, 0.25) is 5.69 Å². The number of halogens is 2. The van der Waals surface area contributed by atoms with Gasteiger partial charge < -0.3 is 4.74 Å². The zero-order chi connectivity index (χ0) is 13.1. The van der Waals surface area contributed by atoms with E-state index in [1.54, 1.807) is 0 Å². The Balaban J connectivity index is 2.32. The van der Waals surface area contributed by atoms with Crippen molar-refractivity contribution < 1.29 is 13.9 Å². The number of nitrogens with zero attached hydrogens (tertiary/aromatic N) is 2. The normalized spacial score (nSPS) is 10.4. The van der Waals surface area contributed by atoms with Crippen molar-refractivity contribution in [2.24, 2.45) is 0 Å². The molecule has 0 saturated heterocycles. The van der Waals surface area contributed by atoms with Gasteiger partial charge in [-0.05, 0) is 21.5 Å². The molecule has 0 saturated carbocycles. The van der Waals surface area contributed by atoms with E-state index >= 15 is 0 Å². The lowest BCUT2D eigenvalue weighted by atomic mass is 10.2. The number of benzene rings is 1. The molecule has 0 amide bonds. The fourth-order valence-electron chi connectivity index (χ4n) is 1.51. The Bertz CT molecular complexity index is 569. The van der Waals surface area contributed by atoms with E-state index in [4.69, 9.17) is 0 Å². The van der Waals surface area contributed by atoms with Crippen molar-refractivity contribution in [3.63, 3.8) is 0 Å². The Kier molecular flexibility index (Phi) is 3.76. The summed E-state index contributed by atoms with van der Waals surface area (Å²) in [6.07, 6.45) is 0. The van der Waals surface area contributed by atoms with E-state index in [0.29, 0.717) is 6.54 Å². The van der Waals surface area contributed by atoms with Crippen molar-refractivity contribution in [1.29, 1.82) is 0 Å². The molecule has 0 spiro atoms. The molecule has 0 aliphatic rings. The average molecular weight is 313 g/mol. The van der Waals surface area contributed by atoms with Gasteiger partial charge in [-0.3, -0.25) is 4.68 Å². The number of ether oxygens (including phenoxy) is 1. The van der Waals surface area contributed by atoms with Crippen molar-refractivity contribution in [3.05, 3.63) is 52.0 Å². The van der Waals surface area contributed by atoms with Gasteiger partial charge in [-0.25, -0.2) is 9.18 Å². The predicted octanol–water partition coefficient (Wildman–Crippen LogP) is 2.62. The number of aromatic nitrogens is 2. The van der Waals surface area contributed by atoms with Gasteiger partial charge in [-0.2, -0.15) is 5.10 Å². The van der Waals surface area contributed by atoms with Crippen LogP contribution >= 0.6 is 15.9 Å². The van der Waals surface area contributed by atoms with E-state index in [1.807, 2.05) is 30.3 Å². The molecule has 18 heavy (non-hydrogen) atoms. The first-order valence-electron chi connectivity index (χ1n) is 5.17. The van der Waals surface area contributed by atoms with Gasteiger partial charge in [0.05, 0.1) is 13.7 Å². The molecule has 0 N–H and O–H groups in total. The third-order valence-corrected chi connectivity index (χ3v) is 3.15. The summed E-state index contributed by atoms with van der Waals surface area (Å²) >= 11 is 3.07. The van der Waals surface area contributed by atoms with Gasteiger partial charge in [0.25, 0.3) is 0 Å². The summed E-state index contributed by atoms with van der Waals surface area (Å²) in [6.45, 7) is 0.370. The lowest BCUT2D eigenvalue weighted by molar-refractivity contribution is 0.0588. The zero-order valence-electron chi connectivity index (χ0n) is 9.56. The maximum absolute atomic E-state index is 13.7. The van der Waals surface area contributed by atoms with Crippen molar-refractivity contribution >= 4 is 21.9 Å². The van der Waals surface area contributed by atoms with E-state index < -0.39 is 11.8 Å². The molecule has 6 heteroatoms. The van der Waals surface area contributed by atoms with Crippen LogP contribution in [0.2, 0.25) is 0 Å². The van der Waals surface area contributed by atoms with Crippen LogP contribution < -0.4 is 0 Å². The van der Waals surface area contributed by atoms with E-state index in [9.17, 15) is 9.18 Å². The van der Waals surface area contributed by atoms with Crippen molar-refractivity contribution in [2.75, 3.05) is 7.11 Å². The van der Waals surface area contributed by atoms with Gasteiger partial charge in [-0.1, -0.05) is 30.3 Å². The molecule has 0 aliphatic carbocycles. The van der Waals surface area contributed by atoms with Crippen LogP contribution in [0.5, 0.6) is 0 Å². The largest absolute Gasteiger partial charge is 0.464 e. The van der Waals surface area contributed by atoms with Gasteiger partial charge in [0.1, 0.15) is 4.60 Å². The van der Waals surface area contributed by atoms with Gasteiger partial charge in [0.15, 0.2) is 5.82 Å². The first-order chi connectivity index (χ1) is 8.63. The highest BCUT2D eigenvalue weighted by Gasteiger charge is 2.22. The molecule has 0 radical (unpaired) electrons. The minimum absolute atomic E-state index is 0.131.